The number of nitrogens with zero attached hydrogens (tertiary/aromatic N) is 2. The Morgan fingerprint density at radius 3 is 2.76 bits per heavy atom. The Bertz CT molecular complexity index is 777. The number of fused-ring (bicyclic) bond motifs is 1. The van der Waals surface area contributed by atoms with Gasteiger partial charge in [-0.05, 0) is 24.2 Å². The van der Waals surface area contributed by atoms with Crippen LogP contribution in [0.25, 0.3) is 21.3 Å². The highest BCUT2D eigenvalue weighted by atomic mass is 32.2. The third kappa shape index (κ3) is 2.30. The van der Waals surface area contributed by atoms with Crippen LogP contribution in [0.15, 0.2) is 35.7 Å². The molecule has 1 fully saturated rings. The molecule has 5 heteroatoms. The zero-order valence-electron chi connectivity index (χ0n) is 11.5. The van der Waals surface area contributed by atoms with E-state index in [1.165, 1.54) is 17.7 Å². The molecule has 1 saturated heterocycles. The molecule has 106 valence electrons. The molecule has 0 spiro atoms. The Hall–Kier alpha value is -1.59. The maximum absolute atomic E-state index is 6.25. The number of thiophene rings is 1. The molecule has 1 aliphatic heterocycles. The van der Waals surface area contributed by atoms with Crippen LogP contribution in [0.5, 0.6) is 0 Å². The van der Waals surface area contributed by atoms with Crippen LogP contribution in [-0.2, 0) is 0 Å². The lowest BCUT2D eigenvalue weighted by Crippen LogP contribution is -2.02. The predicted molar refractivity (Wildman–Crippen MR) is 91.7 cm³/mol. The van der Waals surface area contributed by atoms with Crippen molar-refractivity contribution in [3.05, 3.63) is 41.5 Å². The lowest BCUT2D eigenvalue weighted by Gasteiger charge is -2.09. The van der Waals surface area contributed by atoms with Crippen molar-refractivity contribution in [1.29, 1.82) is 0 Å². The van der Waals surface area contributed by atoms with Crippen LogP contribution in [-0.4, -0.2) is 15.7 Å². The summed E-state index contributed by atoms with van der Waals surface area (Å²) in [7, 11) is 0. The van der Waals surface area contributed by atoms with E-state index in [0.29, 0.717) is 11.1 Å². The molecule has 2 aromatic heterocycles. The molecule has 0 bridgehead atoms. The number of aromatic nitrogens is 2. The van der Waals surface area contributed by atoms with Crippen molar-refractivity contribution in [2.45, 2.75) is 18.1 Å². The van der Waals surface area contributed by atoms with Gasteiger partial charge in [-0.25, -0.2) is 9.97 Å². The zero-order chi connectivity index (χ0) is 14.2. The quantitative estimate of drug-likeness (QED) is 0.756. The Morgan fingerprint density at radius 2 is 2.00 bits per heavy atom. The van der Waals surface area contributed by atoms with Gasteiger partial charge in [0.15, 0.2) is 0 Å². The molecule has 1 unspecified atom stereocenters. The summed E-state index contributed by atoms with van der Waals surface area (Å²) in [6, 6.07) is 10.3. The molecular weight excluding hydrogens is 298 g/mol. The summed E-state index contributed by atoms with van der Waals surface area (Å²) in [5, 5.41) is 3.55. The Kier molecular flexibility index (Phi) is 3.31. The van der Waals surface area contributed by atoms with E-state index in [9.17, 15) is 0 Å². The zero-order valence-corrected chi connectivity index (χ0v) is 13.1. The highest BCUT2D eigenvalue weighted by Gasteiger charge is 2.22. The van der Waals surface area contributed by atoms with Crippen LogP contribution in [0.1, 0.15) is 23.9 Å². The standard InChI is InChI=1S/C16H15N3S2/c17-14-13-11(10-5-2-1-3-6-10)9-21-16(13)19-15(18-14)12-7-4-8-20-12/h1-3,5-6,9,12H,4,7-8H2,(H2,17,18,19). The van der Waals surface area contributed by atoms with E-state index in [2.05, 4.69) is 22.5 Å². The summed E-state index contributed by atoms with van der Waals surface area (Å²) in [6.07, 6.45) is 2.41. The first kappa shape index (κ1) is 13.1. The maximum Gasteiger partial charge on any atom is 0.145 e. The van der Waals surface area contributed by atoms with Gasteiger partial charge in [-0.15, -0.1) is 11.3 Å². The summed E-state index contributed by atoms with van der Waals surface area (Å²) in [6.45, 7) is 0. The largest absolute Gasteiger partial charge is 0.383 e. The molecule has 0 radical (unpaired) electrons. The van der Waals surface area contributed by atoms with Crippen LogP contribution in [0, 0.1) is 0 Å². The fourth-order valence-electron chi connectivity index (χ4n) is 2.74. The Balaban J connectivity index is 1.85. The van der Waals surface area contributed by atoms with Crippen LogP contribution >= 0.6 is 23.1 Å². The average Bonchev–Trinajstić information content (AvgIpc) is 3.17. The average molecular weight is 313 g/mol. The lowest BCUT2D eigenvalue weighted by molar-refractivity contribution is 0.785. The van der Waals surface area contributed by atoms with Gasteiger partial charge in [0.05, 0.1) is 10.6 Å². The van der Waals surface area contributed by atoms with Crippen LogP contribution in [0.4, 0.5) is 5.82 Å². The van der Waals surface area contributed by atoms with E-state index < -0.39 is 0 Å². The number of thioether (sulfide) groups is 1. The number of benzene rings is 1. The second-order valence-electron chi connectivity index (χ2n) is 5.16. The molecule has 21 heavy (non-hydrogen) atoms. The molecular formula is C16H15N3S2. The smallest absolute Gasteiger partial charge is 0.145 e. The summed E-state index contributed by atoms with van der Waals surface area (Å²) in [5.41, 5.74) is 8.56. The third-order valence-electron chi connectivity index (χ3n) is 3.78. The molecule has 1 aliphatic rings. The number of nitrogens with two attached hydrogens (primary N) is 1. The van der Waals surface area contributed by atoms with E-state index >= 15 is 0 Å². The fourth-order valence-corrected chi connectivity index (χ4v) is 4.91. The Labute approximate surface area is 131 Å². The first-order valence-corrected chi connectivity index (χ1v) is 8.97. The number of rotatable bonds is 2. The highest BCUT2D eigenvalue weighted by Crippen LogP contribution is 2.41. The van der Waals surface area contributed by atoms with Crippen molar-refractivity contribution in [2.75, 3.05) is 11.5 Å². The van der Waals surface area contributed by atoms with Crippen molar-refractivity contribution in [3.63, 3.8) is 0 Å². The molecule has 3 nitrogen and oxygen atoms in total. The predicted octanol–water partition coefficient (Wildman–Crippen LogP) is 4.51. The second-order valence-corrected chi connectivity index (χ2v) is 7.33. The van der Waals surface area contributed by atoms with Crippen LogP contribution < -0.4 is 5.73 Å². The molecule has 1 aromatic carbocycles. The number of nitrogen functional groups attached to an aromatic ring is 1. The maximum atomic E-state index is 6.25. The van der Waals surface area contributed by atoms with Gasteiger partial charge in [-0.3, -0.25) is 0 Å². The lowest BCUT2D eigenvalue weighted by atomic mass is 10.1. The molecule has 0 aliphatic carbocycles. The molecule has 0 saturated carbocycles. The number of hydrogen-bond donors (Lipinski definition) is 1. The van der Waals surface area contributed by atoms with Crippen LogP contribution in [0.3, 0.4) is 0 Å². The second kappa shape index (κ2) is 5.31. The molecule has 3 heterocycles. The monoisotopic (exact) mass is 313 g/mol. The first-order chi connectivity index (χ1) is 10.3. The molecule has 1 atom stereocenters. The summed E-state index contributed by atoms with van der Waals surface area (Å²) >= 11 is 3.60. The van der Waals surface area contributed by atoms with Crippen molar-refractivity contribution in [1.82, 2.24) is 9.97 Å². The number of hydrogen-bond acceptors (Lipinski definition) is 5. The van der Waals surface area contributed by atoms with Crippen molar-refractivity contribution >= 4 is 39.1 Å². The van der Waals surface area contributed by atoms with E-state index in [4.69, 9.17) is 10.7 Å². The molecule has 2 N–H and O–H groups in total. The minimum Gasteiger partial charge on any atom is -0.383 e. The SMILES string of the molecule is Nc1nc(C2CCCS2)nc2scc(-c3ccccc3)c12. The van der Waals surface area contributed by atoms with Crippen LogP contribution in [0.2, 0.25) is 0 Å². The van der Waals surface area contributed by atoms with Gasteiger partial charge in [0, 0.05) is 10.9 Å². The molecule has 0 amide bonds. The normalized spacial score (nSPS) is 18.4. The van der Waals surface area contributed by atoms with Crippen molar-refractivity contribution < 1.29 is 0 Å². The van der Waals surface area contributed by atoms with Crippen molar-refractivity contribution in [3.8, 4) is 11.1 Å². The third-order valence-corrected chi connectivity index (χ3v) is 6.03. The summed E-state index contributed by atoms with van der Waals surface area (Å²) in [5.74, 6) is 2.72. The fraction of sp³-hybridized carbons (Fsp3) is 0.250. The van der Waals surface area contributed by atoms with E-state index in [1.807, 2.05) is 30.0 Å². The molecule has 4 rings (SSSR count). The highest BCUT2D eigenvalue weighted by molar-refractivity contribution is 7.99. The van der Waals surface area contributed by atoms with Gasteiger partial charge in [0.25, 0.3) is 0 Å². The summed E-state index contributed by atoms with van der Waals surface area (Å²) in [4.78, 5) is 10.4. The minimum atomic E-state index is 0.416. The van der Waals surface area contributed by atoms with Gasteiger partial charge in [0.1, 0.15) is 16.5 Å². The first-order valence-electron chi connectivity index (χ1n) is 7.04. The van der Waals surface area contributed by atoms with Gasteiger partial charge >= 0.3 is 0 Å². The summed E-state index contributed by atoms with van der Waals surface area (Å²) < 4.78 is 0. The van der Waals surface area contributed by atoms with E-state index in [0.717, 1.165) is 28.0 Å². The minimum absolute atomic E-state index is 0.416. The van der Waals surface area contributed by atoms with Crippen molar-refractivity contribution in [2.24, 2.45) is 0 Å². The van der Waals surface area contributed by atoms with Gasteiger partial charge in [-0.2, -0.15) is 11.8 Å². The van der Waals surface area contributed by atoms with E-state index in [1.54, 1.807) is 11.3 Å². The van der Waals surface area contributed by atoms with Gasteiger partial charge in [-0.1, -0.05) is 30.3 Å². The Morgan fingerprint density at radius 1 is 1.14 bits per heavy atom. The van der Waals surface area contributed by atoms with Gasteiger partial charge in [0.2, 0.25) is 0 Å². The van der Waals surface area contributed by atoms with Gasteiger partial charge < -0.3 is 5.73 Å². The number of anilines is 1. The topological polar surface area (TPSA) is 51.8 Å². The molecule has 3 aromatic rings. The van der Waals surface area contributed by atoms with E-state index in [-0.39, 0.29) is 0 Å².